The van der Waals surface area contributed by atoms with Crippen molar-refractivity contribution in [2.75, 3.05) is 23.3 Å². The molecule has 2 unspecified atom stereocenters. The first-order valence-corrected chi connectivity index (χ1v) is 6.57. The van der Waals surface area contributed by atoms with E-state index in [9.17, 15) is 4.79 Å². The largest absolute Gasteiger partial charge is 0.372 e. The first-order valence-electron chi connectivity index (χ1n) is 6.57. The van der Waals surface area contributed by atoms with Gasteiger partial charge < -0.3 is 16.0 Å². The Labute approximate surface area is 108 Å². The molecule has 1 fully saturated rings. The van der Waals surface area contributed by atoms with Crippen LogP contribution >= 0.6 is 0 Å². The van der Waals surface area contributed by atoms with Crippen LogP contribution in [-0.4, -0.2) is 25.0 Å². The third-order valence-corrected chi connectivity index (χ3v) is 3.44. The van der Waals surface area contributed by atoms with Crippen molar-refractivity contribution in [3.05, 3.63) is 24.3 Å². The van der Waals surface area contributed by atoms with Crippen LogP contribution in [0.25, 0.3) is 0 Å². The van der Waals surface area contributed by atoms with Crippen LogP contribution in [0, 0.1) is 5.92 Å². The summed E-state index contributed by atoms with van der Waals surface area (Å²) in [7, 11) is 0. The van der Waals surface area contributed by atoms with Gasteiger partial charge in [-0.2, -0.15) is 0 Å². The van der Waals surface area contributed by atoms with Crippen LogP contribution in [0.1, 0.15) is 20.3 Å². The first-order chi connectivity index (χ1) is 8.65. The Morgan fingerprint density at radius 2 is 1.89 bits per heavy atom. The zero-order chi connectivity index (χ0) is 13.1. The Hall–Kier alpha value is -1.55. The molecule has 1 amide bonds. The van der Waals surface area contributed by atoms with Crippen LogP contribution in [0.3, 0.4) is 0 Å². The molecular weight excluding hydrogens is 226 g/mol. The molecule has 1 aliphatic carbocycles. The molecule has 0 radical (unpaired) electrons. The molecule has 18 heavy (non-hydrogen) atoms. The lowest BCUT2D eigenvalue weighted by molar-refractivity contribution is -0.117. The highest BCUT2D eigenvalue weighted by Crippen LogP contribution is 2.29. The molecule has 4 nitrogen and oxygen atoms in total. The number of benzene rings is 1. The lowest BCUT2D eigenvalue weighted by Crippen LogP contribution is -2.22. The second-order valence-electron chi connectivity index (χ2n) is 4.71. The molecule has 1 aromatic rings. The van der Waals surface area contributed by atoms with Crippen molar-refractivity contribution in [2.45, 2.75) is 26.3 Å². The number of hydrogen-bond acceptors (Lipinski definition) is 3. The van der Waals surface area contributed by atoms with Gasteiger partial charge in [0.2, 0.25) is 5.91 Å². The summed E-state index contributed by atoms with van der Waals surface area (Å²) in [6, 6.07) is 8.02. The summed E-state index contributed by atoms with van der Waals surface area (Å²) in [5, 5.41) is 2.90. The van der Waals surface area contributed by atoms with E-state index in [1.165, 1.54) is 5.69 Å². The van der Waals surface area contributed by atoms with Gasteiger partial charge in [0.1, 0.15) is 0 Å². The molecule has 0 heterocycles. The van der Waals surface area contributed by atoms with E-state index in [1.54, 1.807) is 0 Å². The number of hydrogen-bond donors (Lipinski definition) is 2. The summed E-state index contributed by atoms with van der Waals surface area (Å²) in [4.78, 5) is 14.0. The van der Waals surface area contributed by atoms with E-state index in [-0.39, 0.29) is 17.9 Å². The predicted octanol–water partition coefficient (Wildman–Crippen LogP) is 1.82. The molecule has 0 aromatic heterocycles. The summed E-state index contributed by atoms with van der Waals surface area (Å²) in [5.41, 5.74) is 7.68. The van der Waals surface area contributed by atoms with Crippen LogP contribution in [0.4, 0.5) is 11.4 Å². The third-order valence-electron chi connectivity index (χ3n) is 3.44. The highest BCUT2D eigenvalue weighted by atomic mass is 16.2. The highest BCUT2D eigenvalue weighted by Gasteiger charge is 2.39. The Kier molecular flexibility index (Phi) is 3.87. The normalized spacial score (nSPS) is 21.5. The highest BCUT2D eigenvalue weighted by molar-refractivity contribution is 5.95. The summed E-state index contributed by atoms with van der Waals surface area (Å²) in [5.74, 6) is 0.0468. The molecule has 0 saturated heterocycles. The first kappa shape index (κ1) is 12.9. The maximum atomic E-state index is 11.7. The van der Waals surface area contributed by atoms with Crippen molar-refractivity contribution in [2.24, 2.45) is 11.7 Å². The van der Waals surface area contributed by atoms with Gasteiger partial charge in [-0.1, -0.05) is 0 Å². The van der Waals surface area contributed by atoms with Gasteiger partial charge in [-0.05, 0) is 44.5 Å². The zero-order valence-electron chi connectivity index (χ0n) is 11.0. The van der Waals surface area contributed by atoms with Crippen LogP contribution in [0.2, 0.25) is 0 Å². The number of rotatable bonds is 5. The fourth-order valence-electron chi connectivity index (χ4n) is 2.10. The maximum absolute atomic E-state index is 11.7. The van der Waals surface area contributed by atoms with Crippen LogP contribution in [0.15, 0.2) is 24.3 Å². The van der Waals surface area contributed by atoms with Gasteiger partial charge in [0.05, 0.1) is 5.92 Å². The van der Waals surface area contributed by atoms with E-state index in [2.05, 4.69) is 24.1 Å². The third kappa shape index (κ3) is 2.82. The van der Waals surface area contributed by atoms with Gasteiger partial charge in [-0.25, -0.2) is 0 Å². The second kappa shape index (κ2) is 5.40. The maximum Gasteiger partial charge on any atom is 0.229 e. The number of nitrogens with two attached hydrogens (primary N) is 1. The van der Waals surface area contributed by atoms with E-state index in [4.69, 9.17) is 5.73 Å². The van der Waals surface area contributed by atoms with Crippen LogP contribution in [-0.2, 0) is 4.79 Å². The second-order valence-corrected chi connectivity index (χ2v) is 4.71. The average Bonchev–Trinajstić information content (AvgIpc) is 3.10. The number of carbonyl (C=O) groups excluding carboxylic acids is 1. The predicted molar refractivity (Wildman–Crippen MR) is 74.7 cm³/mol. The number of amides is 1. The molecule has 1 aromatic carbocycles. The van der Waals surface area contributed by atoms with Crippen molar-refractivity contribution in [3.63, 3.8) is 0 Å². The van der Waals surface area contributed by atoms with Gasteiger partial charge in [-0.3, -0.25) is 4.79 Å². The zero-order valence-corrected chi connectivity index (χ0v) is 11.0. The minimum absolute atomic E-state index is 0.00691. The number of anilines is 2. The van der Waals surface area contributed by atoms with E-state index in [1.807, 2.05) is 24.3 Å². The van der Waals surface area contributed by atoms with Crippen LogP contribution < -0.4 is 16.0 Å². The van der Waals surface area contributed by atoms with E-state index < -0.39 is 0 Å². The average molecular weight is 247 g/mol. The van der Waals surface area contributed by atoms with Gasteiger partial charge in [-0.15, -0.1) is 0 Å². The Balaban J connectivity index is 1.97. The van der Waals surface area contributed by atoms with Crippen molar-refractivity contribution in [3.8, 4) is 0 Å². The molecule has 2 atom stereocenters. The molecule has 0 spiro atoms. The SMILES string of the molecule is CCN(CC)c1ccc(NC(=O)C2CC2N)cc1. The summed E-state index contributed by atoms with van der Waals surface area (Å²) >= 11 is 0. The van der Waals surface area contributed by atoms with E-state index in [0.717, 1.165) is 25.2 Å². The number of nitrogens with one attached hydrogen (secondary N) is 1. The van der Waals surface area contributed by atoms with Gasteiger partial charge in [0.25, 0.3) is 0 Å². The van der Waals surface area contributed by atoms with E-state index >= 15 is 0 Å². The molecule has 4 heteroatoms. The number of nitrogens with zero attached hydrogens (tertiary/aromatic N) is 1. The molecule has 3 N–H and O–H groups in total. The molecule has 0 bridgehead atoms. The quantitative estimate of drug-likeness (QED) is 0.834. The fourth-order valence-corrected chi connectivity index (χ4v) is 2.10. The Morgan fingerprint density at radius 1 is 1.33 bits per heavy atom. The van der Waals surface area contributed by atoms with Crippen molar-refractivity contribution in [1.82, 2.24) is 0 Å². The lowest BCUT2D eigenvalue weighted by atomic mass is 10.2. The van der Waals surface area contributed by atoms with Gasteiger partial charge in [0.15, 0.2) is 0 Å². The Morgan fingerprint density at radius 3 is 2.33 bits per heavy atom. The molecule has 2 rings (SSSR count). The molecule has 1 saturated carbocycles. The number of carbonyl (C=O) groups is 1. The smallest absolute Gasteiger partial charge is 0.229 e. The van der Waals surface area contributed by atoms with Crippen molar-refractivity contribution >= 4 is 17.3 Å². The molecule has 1 aliphatic rings. The fraction of sp³-hybridized carbons (Fsp3) is 0.500. The standard InChI is InChI=1S/C14H21N3O/c1-3-17(4-2)11-7-5-10(6-8-11)16-14(18)12-9-13(12)15/h5-8,12-13H,3-4,9,15H2,1-2H3,(H,16,18). The summed E-state index contributed by atoms with van der Waals surface area (Å²) in [6.07, 6.45) is 0.809. The van der Waals surface area contributed by atoms with Gasteiger partial charge >= 0.3 is 0 Å². The molecular formula is C14H21N3O. The van der Waals surface area contributed by atoms with Crippen molar-refractivity contribution < 1.29 is 4.79 Å². The summed E-state index contributed by atoms with van der Waals surface area (Å²) < 4.78 is 0. The lowest BCUT2D eigenvalue weighted by Gasteiger charge is -2.21. The molecule has 98 valence electrons. The minimum atomic E-state index is 0.00691. The molecule has 0 aliphatic heterocycles. The Bertz CT molecular complexity index is 412. The minimum Gasteiger partial charge on any atom is -0.372 e. The monoisotopic (exact) mass is 247 g/mol. The summed E-state index contributed by atoms with van der Waals surface area (Å²) in [6.45, 7) is 6.24. The topological polar surface area (TPSA) is 58.4 Å². The van der Waals surface area contributed by atoms with Crippen molar-refractivity contribution in [1.29, 1.82) is 0 Å². The van der Waals surface area contributed by atoms with Crippen LogP contribution in [0.5, 0.6) is 0 Å². The van der Waals surface area contributed by atoms with E-state index in [0.29, 0.717) is 0 Å². The van der Waals surface area contributed by atoms with Gasteiger partial charge in [0, 0.05) is 30.5 Å².